The van der Waals surface area contributed by atoms with Gasteiger partial charge >= 0.3 is 0 Å². The van der Waals surface area contributed by atoms with Crippen molar-refractivity contribution in [2.75, 3.05) is 18.0 Å². The van der Waals surface area contributed by atoms with Gasteiger partial charge in [0.15, 0.2) is 0 Å². The number of carbonyl (C=O) groups is 3. The number of aryl methyl sites for hydroxylation is 1. The van der Waals surface area contributed by atoms with Crippen molar-refractivity contribution < 1.29 is 14.4 Å². The van der Waals surface area contributed by atoms with Crippen LogP contribution in [0.15, 0.2) is 48.5 Å². The maximum atomic E-state index is 13.3. The Kier molecular flexibility index (Phi) is 5.09. The van der Waals surface area contributed by atoms with Crippen molar-refractivity contribution in [3.05, 3.63) is 65.2 Å². The molecule has 1 saturated heterocycles. The normalized spacial score (nSPS) is 19.4. The van der Waals surface area contributed by atoms with Crippen LogP contribution in [-0.4, -0.2) is 41.8 Å². The third kappa shape index (κ3) is 3.62. The van der Waals surface area contributed by atoms with Crippen LogP contribution >= 0.6 is 0 Å². The molecule has 3 amide bonds. The van der Waals surface area contributed by atoms with Gasteiger partial charge in [-0.05, 0) is 44.4 Å². The zero-order valence-corrected chi connectivity index (χ0v) is 16.7. The van der Waals surface area contributed by atoms with E-state index in [1.165, 1.54) is 4.90 Å². The SMILES string of the molecule is Cc1ccc2c(c1)C(=O)N1CCC[C@H]1C(=O)N2CC(=O)N[C@H](C)c1ccccc1. The topological polar surface area (TPSA) is 69.7 Å². The summed E-state index contributed by atoms with van der Waals surface area (Å²) in [6.07, 6.45) is 1.43. The summed E-state index contributed by atoms with van der Waals surface area (Å²) in [6, 6.07) is 14.5. The fourth-order valence-electron chi connectivity index (χ4n) is 4.20. The van der Waals surface area contributed by atoms with E-state index in [-0.39, 0.29) is 30.3 Å². The van der Waals surface area contributed by atoms with E-state index in [1.807, 2.05) is 56.3 Å². The Hall–Kier alpha value is -3.15. The lowest BCUT2D eigenvalue weighted by Crippen LogP contribution is -2.48. The van der Waals surface area contributed by atoms with Crippen molar-refractivity contribution in [3.8, 4) is 0 Å². The third-order valence-corrected chi connectivity index (χ3v) is 5.72. The number of fused-ring (bicyclic) bond motifs is 2. The van der Waals surface area contributed by atoms with Crippen LogP contribution in [0, 0.1) is 6.92 Å². The third-order valence-electron chi connectivity index (χ3n) is 5.72. The minimum absolute atomic E-state index is 0.107. The van der Waals surface area contributed by atoms with E-state index in [0.29, 0.717) is 24.2 Å². The summed E-state index contributed by atoms with van der Waals surface area (Å²) >= 11 is 0. The Morgan fingerprint density at radius 1 is 1.17 bits per heavy atom. The van der Waals surface area contributed by atoms with E-state index < -0.39 is 6.04 Å². The maximum Gasteiger partial charge on any atom is 0.256 e. The molecular formula is C23H25N3O3. The molecule has 2 aromatic carbocycles. The number of hydrogen-bond donors (Lipinski definition) is 1. The number of hydrogen-bond acceptors (Lipinski definition) is 3. The molecule has 150 valence electrons. The van der Waals surface area contributed by atoms with E-state index in [1.54, 1.807) is 11.0 Å². The minimum Gasteiger partial charge on any atom is -0.348 e. The highest BCUT2D eigenvalue weighted by Gasteiger charge is 2.42. The molecule has 0 unspecified atom stereocenters. The van der Waals surface area contributed by atoms with Crippen molar-refractivity contribution in [2.24, 2.45) is 0 Å². The van der Waals surface area contributed by atoms with Gasteiger partial charge in [-0.2, -0.15) is 0 Å². The highest BCUT2D eigenvalue weighted by molar-refractivity contribution is 6.12. The molecule has 0 aliphatic carbocycles. The van der Waals surface area contributed by atoms with Gasteiger partial charge in [-0.25, -0.2) is 0 Å². The molecule has 2 aliphatic rings. The average molecular weight is 391 g/mol. The molecule has 1 fully saturated rings. The van der Waals surface area contributed by atoms with Crippen molar-refractivity contribution in [3.63, 3.8) is 0 Å². The van der Waals surface area contributed by atoms with Gasteiger partial charge in [0.2, 0.25) is 11.8 Å². The van der Waals surface area contributed by atoms with Gasteiger partial charge in [0.1, 0.15) is 12.6 Å². The first-order chi connectivity index (χ1) is 14.0. The Labute approximate surface area is 170 Å². The first-order valence-electron chi connectivity index (χ1n) is 10.0. The van der Waals surface area contributed by atoms with Gasteiger partial charge in [-0.1, -0.05) is 42.0 Å². The molecule has 6 nitrogen and oxygen atoms in total. The lowest BCUT2D eigenvalue weighted by atomic mass is 10.1. The van der Waals surface area contributed by atoms with Gasteiger partial charge in [0.05, 0.1) is 17.3 Å². The molecule has 2 heterocycles. The highest BCUT2D eigenvalue weighted by atomic mass is 16.2. The fourth-order valence-corrected chi connectivity index (χ4v) is 4.20. The van der Waals surface area contributed by atoms with E-state index in [0.717, 1.165) is 17.5 Å². The lowest BCUT2D eigenvalue weighted by molar-refractivity contribution is -0.126. The molecule has 4 rings (SSSR count). The predicted octanol–water partition coefficient (Wildman–Crippen LogP) is 2.82. The molecule has 0 bridgehead atoms. The summed E-state index contributed by atoms with van der Waals surface area (Å²) in [7, 11) is 0. The molecule has 2 aliphatic heterocycles. The quantitative estimate of drug-likeness (QED) is 0.871. The first kappa shape index (κ1) is 19.2. The molecule has 0 radical (unpaired) electrons. The monoisotopic (exact) mass is 391 g/mol. The Morgan fingerprint density at radius 3 is 2.69 bits per heavy atom. The summed E-state index contributed by atoms with van der Waals surface area (Å²) in [4.78, 5) is 42.3. The number of nitrogens with zero attached hydrogens (tertiary/aromatic N) is 2. The Balaban J connectivity index is 1.61. The van der Waals surface area contributed by atoms with Crippen LogP contribution in [0.2, 0.25) is 0 Å². The van der Waals surface area contributed by atoms with Crippen molar-refractivity contribution >= 4 is 23.4 Å². The predicted molar refractivity (Wildman–Crippen MR) is 111 cm³/mol. The van der Waals surface area contributed by atoms with E-state index in [4.69, 9.17) is 0 Å². The van der Waals surface area contributed by atoms with E-state index >= 15 is 0 Å². The number of rotatable bonds is 4. The molecule has 0 saturated carbocycles. The summed E-state index contributed by atoms with van der Waals surface area (Å²) in [5, 5.41) is 2.97. The number of benzene rings is 2. The second kappa shape index (κ2) is 7.70. The van der Waals surface area contributed by atoms with Crippen LogP contribution in [0.5, 0.6) is 0 Å². The summed E-state index contributed by atoms with van der Waals surface area (Å²) in [5.74, 6) is -0.554. The zero-order chi connectivity index (χ0) is 20.5. The molecule has 6 heteroatoms. The van der Waals surface area contributed by atoms with Crippen molar-refractivity contribution in [2.45, 2.75) is 38.8 Å². The molecule has 29 heavy (non-hydrogen) atoms. The van der Waals surface area contributed by atoms with Crippen molar-refractivity contribution in [1.29, 1.82) is 0 Å². The van der Waals surface area contributed by atoms with Gasteiger partial charge in [-0.3, -0.25) is 14.4 Å². The number of nitrogens with one attached hydrogen (secondary N) is 1. The molecule has 0 spiro atoms. The summed E-state index contributed by atoms with van der Waals surface area (Å²) in [5.41, 5.74) is 2.95. The number of amides is 3. The van der Waals surface area contributed by atoms with Gasteiger partial charge in [-0.15, -0.1) is 0 Å². The van der Waals surface area contributed by atoms with Gasteiger partial charge in [0.25, 0.3) is 5.91 Å². The van der Waals surface area contributed by atoms with Crippen molar-refractivity contribution in [1.82, 2.24) is 10.2 Å². The minimum atomic E-state index is -0.491. The van der Waals surface area contributed by atoms with Crippen LogP contribution in [0.4, 0.5) is 5.69 Å². The second-order valence-corrected chi connectivity index (χ2v) is 7.80. The van der Waals surface area contributed by atoms with E-state index in [9.17, 15) is 14.4 Å². The average Bonchev–Trinajstić information content (AvgIpc) is 3.19. The van der Waals surface area contributed by atoms with Crippen LogP contribution < -0.4 is 10.2 Å². The number of carbonyl (C=O) groups excluding carboxylic acids is 3. The van der Waals surface area contributed by atoms with Gasteiger partial charge in [0, 0.05) is 6.54 Å². The molecule has 2 aromatic rings. The summed E-state index contributed by atoms with van der Waals surface area (Å²) in [6.45, 7) is 4.30. The number of anilines is 1. The zero-order valence-electron chi connectivity index (χ0n) is 16.7. The van der Waals surface area contributed by atoms with Crippen LogP contribution in [0.1, 0.15) is 47.3 Å². The van der Waals surface area contributed by atoms with Crippen LogP contribution in [-0.2, 0) is 9.59 Å². The first-order valence-corrected chi connectivity index (χ1v) is 10.0. The molecule has 2 atom stereocenters. The smallest absolute Gasteiger partial charge is 0.256 e. The largest absolute Gasteiger partial charge is 0.348 e. The Morgan fingerprint density at radius 2 is 1.93 bits per heavy atom. The summed E-state index contributed by atoms with van der Waals surface area (Å²) < 4.78 is 0. The fraction of sp³-hybridized carbons (Fsp3) is 0.348. The maximum absolute atomic E-state index is 13.3. The van der Waals surface area contributed by atoms with E-state index in [2.05, 4.69) is 5.32 Å². The highest BCUT2D eigenvalue weighted by Crippen LogP contribution is 2.33. The molecule has 0 aromatic heterocycles. The lowest BCUT2D eigenvalue weighted by Gasteiger charge is -2.26. The van der Waals surface area contributed by atoms with Crippen LogP contribution in [0.3, 0.4) is 0 Å². The molecule has 1 N–H and O–H groups in total. The van der Waals surface area contributed by atoms with Gasteiger partial charge < -0.3 is 15.1 Å². The second-order valence-electron chi connectivity index (χ2n) is 7.80. The molecular weight excluding hydrogens is 366 g/mol. The van der Waals surface area contributed by atoms with Crippen LogP contribution in [0.25, 0.3) is 0 Å². The Bertz CT molecular complexity index is 957. The standard InChI is InChI=1S/C23H25N3O3/c1-15-10-11-19-18(13-15)22(28)25-12-6-9-20(25)23(29)26(19)14-21(27)24-16(2)17-7-4-3-5-8-17/h3-5,7-8,10-11,13,16,20H,6,9,12,14H2,1-2H3,(H,24,27)/t16-,20+/m1/s1.